The minimum absolute atomic E-state index is 0.119. The van der Waals surface area contributed by atoms with Crippen molar-refractivity contribution in [1.82, 2.24) is 19.1 Å². The van der Waals surface area contributed by atoms with Crippen molar-refractivity contribution in [3.05, 3.63) is 63.5 Å². The molecule has 0 atom stereocenters. The fourth-order valence-electron chi connectivity index (χ4n) is 3.18. The third-order valence-corrected chi connectivity index (χ3v) is 5.03. The van der Waals surface area contributed by atoms with Crippen molar-refractivity contribution in [2.75, 3.05) is 31.1 Å². The lowest BCUT2D eigenvalue weighted by atomic mass is 10.2. The lowest BCUT2D eigenvalue weighted by Crippen LogP contribution is -2.46. The molecular formula is C17H18N6O2S. The van der Waals surface area contributed by atoms with Crippen LogP contribution in [0, 0.1) is 14.9 Å². The van der Waals surface area contributed by atoms with Crippen molar-refractivity contribution in [3.63, 3.8) is 0 Å². The van der Waals surface area contributed by atoms with E-state index in [4.69, 9.17) is 12.2 Å². The molecule has 1 aliphatic rings. The summed E-state index contributed by atoms with van der Waals surface area (Å²) in [7, 11) is 0. The standard InChI is InChI=1S/C17H18N6O2S/c24-23(25)15-6-4-14(5-7-15)20-11-9-19(10-12-20)13-22-17(26)21-8-2-1-3-16(21)18-22/h1-8H,9-13H2. The van der Waals surface area contributed by atoms with Gasteiger partial charge in [0.2, 0.25) is 4.77 Å². The molecule has 0 amide bonds. The third kappa shape index (κ3) is 3.18. The molecule has 134 valence electrons. The van der Waals surface area contributed by atoms with Crippen LogP contribution in [0.5, 0.6) is 0 Å². The lowest BCUT2D eigenvalue weighted by Gasteiger charge is -2.35. The van der Waals surface area contributed by atoms with Crippen LogP contribution in [0.3, 0.4) is 0 Å². The van der Waals surface area contributed by atoms with Gasteiger partial charge in [-0.25, -0.2) is 4.68 Å². The zero-order chi connectivity index (χ0) is 18.1. The average molecular weight is 370 g/mol. The van der Waals surface area contributed by atoms with Crippen LogP contribution in [0.15, 0.2) is 48.7 Å². The Kier molecular flexibility index (Phi) is 4.39. The molecule has 0 unspecified atom stereocenters. The van der Waals surface area contributed by atoms with Crippen LogP contribution in [0.25, 0.3) is 5.65 Å². The summed E-state index contributed by atoms with van der Waals surface area (Å²) in [6.45, 7) is 4.14. The van der Waals surface area contributed by atoms with Crippen molar-refractivity contribution in [3.8, 4) is 0 Å². The molecule has 0 saturated carbocycles. The Hall–Kier alpha value is -2.78. The normalized spacial score (nSPS) is 15.5. The maximum atomic E-state index is 10.8. The number of non-ortho nitro benzene ring substituents is 1. The van der Waals surface area contributed by atoms with E-state index < -0.39 is 0 Å². The van der Waals surface area contributed by atoms with Crippen LogP contribution in [-0.2, 0) is 6.67 Å². The maximum Gasteiger partial charge on any atom is 0.269 e. The number of fused-ring (bicyclic) bond motifs is 1. The molecule has 4 rings (SSSR count). The Morgan fingerprint density at radius 2 is 1.81 bits per heavy atom. The quantitative estimate of drug-likeness (QED) is 0.399. The summed E-state index contributed by atoms with van der Waals surface area (Å²) in [5, 5.41) is 15.3. The second-order valence-electron chi connectivity index (χ2n) is 6.23. The second kappa shape index (κ2) is 6.85. The van der Waals surface area contributed by atoms with Gasteiger partial charge >= 0.3 is 0 Å². The molecule has 1 aliphatic heterocycles. The molecule has 0 radical (unpaired) electrons. The summed E-state index contributed by atoms with van der Waals surface area (Å²) >= 11 is 5.50. The number of benzene rings is 1. The molecule has 0 N–H and O–H groups in total. The fraction of sp³-hybridized carbons (Fsp3) is 0.294. The van der Waals surface area contributed by atoms with E-state index in [9.17, 15) is 10.1 Å². The molecule has 9 heteroatoms. The number of anilines is 1. The number of pyridine rings is 1. The molecule has 0 spiro atoms. The van der Waals surface area contributed by atoms with Crippen molar-refractivity contribution in [2.45, 2.75) is 6.67 Å². The van der Waals surface area contributed by atoms with Crippen LogP contribution in [0.2, 0.25) is 0 Å². The first kappa shape index (κ1) is 16.7. The third-order valence-electron chi connectivity index (χ3n) is 4.62. The van der Waals surface area contributed by atoms with Crippen LogP contribution in [-0.4, -0.2) is 50.2 Å². The number of aromatic nitrogens is 3. The summed E-state index contributed by atoms with van der Waals surface area (Å²) in [5.74, 6) is 0. The summed E-state index contributed by atoms with van der Waals surface area (Å²) in [5.41, 5.74) is 1.98. The number of nitro benzene ring substituents is 1. The van der Waals surface area contributed by atoms with E-state index in [1.54, 1.807) is 12.1 Å². The van der Waals surface area contributed by atoms with Crippen LogP contribution >= 0.6 is 12.2 Å². The SMILES string of the molecule is O=[N+]([O-])c1ccc(N2CCN(Cn3nc4ccccn4c3=S)CC2)cc1. The topological polar surface area (TPSA) is 71.8 Å². The Labute approximate surface area is 155 Å². The largest absolute Gasteiger partial charge is 0.369 e. The minimum atomic E-state index is -0.375. The van der Waals surface area contributed by atoms with Gasteiger partial charge in [-0.2, -0.15) is 5.10 Å². The second-order valence-corrected chi connectivity index (χ2v) is 6.60. The van der Waals surface area contributed by atoms with Crippen molar-refractivity contribution in [2.24, 2.45) is 0 Å². The van der Waals surface area contributed by atoms with E-state index in [0.717, 1.165) is 37.5 Å². The number of hydrogen-bond donors (Lipinski definition) is 0. The Balaban J connectivity index is 1.41. The van der Waals surface area contributed by atoms with Gasteiger partial charge < -0.3 is 4.90 Å². The Bertz CT molecular complexity index is 988. The maximum absolute atomic E-state index is 10.8. The minimum Gasteiger partial charge on any atom is -0.369 e. The molecule has 2 aromatic heterocycles. The predicted molar refractivity (Wildman–Crippen MR) is 101 cm³/mol. The molecular weight excluding hydrogens is 352 g/mol. The monoisotopic (exact) mass is 370 g/mol. The van der Waals surface area contributed by atoms with Gasteiger partial charge in [-0.3, -0.25) is 19.4 Å². The van der Waals surface area contributed by atoms with E-state index in [1.165, 1.54) is 0 Å². The first-order valence-electron chi connectivity index (χ1n) is 8.38. The average Bonchev–Trinajstić information content (AvgIpc) is 2.98. The van der Waals surface area contributed by atoms with Crippen LogP contribution in [0.4, 0.5) is 11.4 Å². The van der Waals surface area contributed by atoms with Gasteiger partial charge in [-0.05, 0) is 36.5 Å². The van der Waals surface area contributed by atoms with Crippen molar-refractivity contribution in [1.29, 1.82) is 0 Å². The van der Waals surface area contributed by atoms with E-state index >= 15 is 0 Å². The first-order chi connectivity index (χ1) is 12.6. The summed E-state index contributed by atoms with van der Waals surface area (Å²) in [4.78, 5) is 14.9. The van der Waals surface area contributed by atoms with Crippen LogP contribution < -0.4 is 4.90 Å². The highest BCUT2D eigenvalue weighted by molar-refractivity contribution is 7.71. The van der Waals surface area contributed by atoms with E-state index in [1.807, 2.05) is 45.6 Å². The highest BCUT2D eigenvalue weighted by Crippen LogP contribution is 2.20. The van der Waals surface area contributed by atoms with E-state index in [2.05, 4.69) is 14.9 Å². The summed E-state index contributed by atoms with van der Waals surface area (Å²) in [6, 6.07) is 12.6. The predicted octanol–water partition coefficient (Wildman–Crippen LogP) is 2.55. The number of piperazine rings is 1. The number of rotatable bonds is 4. The van der Waals surface area contributed by atoms with Crippen LogP contribution in [0.1, 0.15) is 0 Å². The summed E-state index contributed by atoms with van der Waals surface area (Å²) in [6.07, 6.45) is 1.92. The van der Waals surface area contributed by atoms with Gasteiger partial charge in [-0.1, -0.05) is 6.07 Å². The van der Waals surface area contributed by atoms with E-state index in [0.29, 0.717) is 11.4 Å². The zero-order valence-electron chi connectivity index (χ0n) is 14.1. The summed E-state index contributed by atoms with van der Waals surface area (Å²) < 4.78 is 4.45. The molecule has 3 aromatic rings. The molecule has 1 aromatic carbocycles. The van der Waals surface area contributed by atoms with Crippen molar-refractivity contribution < 1.29 is 4.92 Å². The van der Waals surface area contributed by atoms with E-state index in [-0.39, 0.29) is 10.6 Å². The number of hydrogen-bond acceptors (Lipinski definition) is 6. The molecule has 8 nitrogen and oxygen atoms in total. The van der Waals surface area contributed by atoms with Gasteiger partial charge in [0.25, 0.3) is 5.69 Å². The highest BCUT2D eigenvalue weighted by atomic mass is 32.1. The smallest absolute Gasteiger partial charge is 0.269 e. The Morgan fingerprint density at radius 1 is 1.08 bits per heavy atom. The van der Waals surface area contributed by atoms with Gasteiger partial charge in [0, 0.05) is 50.2 Å². The first-order valence-corrected chi connectivity index (χ1v) is 8.78. The molecule has 1 saturated heterocycles. The van der Waals surface area contributed by atoms with Crippen molar-refractivity contribution >= 4 is 29.2 Å². The number of nitro groups is 1. The molecule has 1 fully saturated rings. The Morgan fingerprint density at radius 3 is 2.46 bits per heavy atom. The molecule has 3 heterocycles. The number of nitrogens with zero attached hydrogens (tertiary/aromatic N) is 6. The van der Waals surface area contributed by atoms with Gasteiger partial charge in [0.15, 0.2) is 5.65 Å². The zero-order valence-corrected chi connectivity index (χ0v) is 14.9. The molecule has 0 aliphatic carbocycles. The lowest BCUT2D eigenvalue weighted by molar-refractivity contribution is -0.384. The highest BCUT2D eigenvalue weighted by Gasteiger charge is 2.19. The van der Waals surface area contributed by atoms with Gasteiger partial charge in [0.05, 0.1) is 11.6 Å². The fourth-order valence-corrected chi connectivity index (χ4v) is 3.44. The molecule has 26 heavy (non-hydrogen) atoms. The van der Waals surface area contributed by atoms with Gasteiger partial charge in [-0.15, -0.1) is 0 Å². The molecule has 0 bridgehead atoms. The van der Waals surface area contributed by atoms with Gasteiger partial charge in [0.1, 0.15) is 0 Å².